The number of hydrogen-bond donors (Lipinski definition) is 1. The van der Waals surface area contributed by atoms with Crippen molar-refractivity contribution in [3.63, 3.8) is 0 Å². The fourth-order valence-corrected chi connectivity index (χ4v) is 2.57. The van der Waals surface area contributed by atoms with Crippen LogP contribution in [0.25, 0.3) is 0 Å². The van der Waals surface area contributed by atoms with E-state index in [0.29, 0.717) is 17.1 Å². The summed E-state index contributed by atoms with van der Waals surface area (Å²) in [6.07, 6.45) is 0. The summed E-state index contributed by atoms with van der Waals surface area (Å²) in [6.45, 7) is 8.53. The fourth-order valence-electron chi connectivity index (χ4n) is 2.57. The Hall–Kier alpha value is -2.49. The van der Waals surface area contributed by atoms with Crippen molar-refractivity contribution < 1.29 is 14.3 Å². The van der Waals surface area contributed by atoms with Crippen LogP contribution in [0.5, 0.6) is 11.5 Å². The van der Waals surface area contributed by atoms with Crippen LogP contribution in [0, 0.1) is 0 Å². The molecule has 4 nitrogen and oxygen atoms in total. The Morgan fingerprint density at radius 3 is 1.92 bits per heavy atom. The average molecular weight is 341 g/mol. The van der Waals surface area contributed by atoms with Gasteiger partial charge in [0.1, 0.15) is 11.5 Å². The zero-order valence-corrected chi connectivity index (χ0v) is 15.8. The van der Waals surface area contributed by atoms with Crippen LogP contribution >= 0.6 is 0 Å². The largest absolute Gasteiger partial charge is 0.497 e. The van der Waals surface area contributed by atoms with Gasteiger partial charge in [0.15, 0.2) is 0 Å². The highest BCUT2D eigenvalue weighted by Crippen LogP contribution is 2.25. The molecule has 134 valence electrons. The van der Waals surface area contributed by atoms with Crippen LogP contribution < -0.4 is 14.8 Å². The highest BCUT2D eigenvalue weighted by atomic mass is 16.5. The molecule has 0 aliphatic rings. The molecule has 1 atom stereocenters. The van der Waals surface area contributed by atoms with Gasteiger partial charge in [-0.15, -0.1) is 0 Å². The maximum absolute atomic E-state index is 12.6. The molecule has 1 amide bonds. The number of carbonyl (C=O) groups excluding carboxylic acids is 1. The van der Waals surface area contributed by atoms with Crippen LogP contribution in [0.3, 0.4) is 0 Å². The van der Waals surface area contributed by atoms with Crippen molar-refractivity contribution in [3.05, 3.63) is 59.2 Å². The minimum absolute atomic E-state index is 0.0984. The number of carbonyl (C=O) groups is 1. The first kappa shape index (κ1) is 18.8. The standard InChI is InChI=1S/C21H27NO3/c1-14(15-7-9-17(10-8-15)21(2,3)4)22-20(23)16-11-18(24-5)13-19(12-16)25-6/h7-14H,1-6H3,(H,22,23). The molecule has 1 N–H and O–H groups in total. The number of ether oxygens (including phenoxy) is 2. The van der Waals surface area contributed by atoms with Gasteiger partial charge in [-0.1, -0.05) is 45.0 Å². The van der Waals surface area contributed by atoms with Crippen molar-refractivity contribution in [1.29, 1.82) is 0 Å². The van der Waals surface area contributed by atoms with Crippen LogP contribution in [-0.2, 0) is 5.41 Å². The first-order valence-electron chi connectivity index (χ1n) is 8.39. The third kappa shape index (κ3) is 4.75. The second-order valence-electron chi connectivity index (χ2n) is 7.17. The Morgan fingerprint density at radius 1 is 0.960 bits per heavy atom. The van der Waals surface area contributed by atoms with Crippen LogP contribution in [0.4, 0.5) is 0 Å². The molecule has 25 heavy (non-hydrogen) atoms. The first-order valence-corrected chi connectivity index (χ1v) is 8.39. The minimum atomic E-state index is -0.162. The predicted octanol–water partition coefficient (Wildman–Crippen LogP) is 4.49. The lowest BCUT2D eigenvalue weighted by atomic mass is 9.86. The molecule has 2 rings (SSSR count). The summed E-state index contributed by atoms with van der Waals surface area (Å²) in [4.78, 5) is 12.6. The minimum Gasteiger partial charge on any atom is -0.497 e. The van der Waals surface area contributed by atoms with Gasteiger partial charge in [-0.3, -0.25) is 4.79 Å². The molecule has 0 aliphatic heterocycles. The van der Waals surface area contributed by atoms with E-state index in [9.17, 15) is 4.79 Å². The van der Waals surface area contributed by atoms with Gasteiger partial charge < -0.3 is 14.8 Å². The van der Waals surface area contributed by atoms with E-state index in [-0.39, 0.29) is 17.4 Å². The van der Waals surface area contributed by atoms with Crippen LogP contribution in [-0.4, -0.2) is 20.1 Å². The van der Waals surface area contributed by atoms with E-state index >= 15 is 0 Å². The lowest BCUT2D eigenvalue weighted by Crippen LogP contribution is -2.26. The maximum atomic E-state index is 12.6. The van der Waals surface area contributed by atoms with Gasteiger partial charge in [0.25, 0.3) is 5.91 Å². The lowest BCUT2D eigenvalue weighted by molar-refractivity contribution is 0.0939. The number of amides is 1. The summed E-state index contributed by atoms with van der Waals surface area (Å²) >= 11 is 0. The summed E-state index contributed by atoms with van der Waals surface area (Å²) in [6, 6.07) is 13.4. The third-order valence-electron chi connectivity index (χ3n) is 4.24. The summed E-state index contributed by atoms with van der Waals surface area (Å²) in [5.41, 5.74) is 2.96. The van der Waals surface area contributed by atoms with Crippen molar-refractivity contribution in [2.24, 2.45) is 0 Å². The molecule has 1 unspecified atom stereocenters. The van der Waals surface area contributed by atoms with Crippen LogP contribution in [0.1, 0.15) is 55.2 Å². The van der Waals surface area contributed by atoms with Gasteiger partial charge >= 0.3 is 0 Å². The monoisotopic (exact) mass is 341 g/mol. The highest BCUT2D eigenvalue weighted by Gasteiger charge is 2.16. The SMILES string of the molecule is COc1cc(OC)cc(C(=O)NC(C)c2ccc(C(C)(C)C)cc2)c1. The van der Waals surface area contributed by atoms with E-state index in [2.05, 4.69) is 50.4 Å². The maximum Gasteiger partial charge on any atom is 0.252 e. The molecule has 2 aromatic rings. The fraction of sp³-hybridized carbons (Fsp3) is 0.381. The Labute approximate surface area is 150 Å². The Morgan fingerprint density at radius 2 is 1.48 bits per heavy atom. The van der Waals surface area contributed by atoms with E-state index in [1.165, 1.54) is 5.56 Å². The van der Waals surface area contributed by atoms with Crippen LogP contribution in [0.15, 0.2) is 42.5 Å². The number of methoxy groups -OCH3 is 2. The normalized spacial score (nSPS) is 12.4. The molecule has 0 saturated carbocycles. The summed E-state index contributed by atoms with van der Waals surface area (Å²) in [7, 11) is 3.13. The van der Waals surface area contributed by atoms with Crippen LogP contribution in [0.2, 0.25) is 0 Å². The zero-order chi connectivity index (χ0) is 18.6. The molecule has 0 spiro atoms. The van der Waals surface area contributed by atoms with Crippen molar-refractivity contribution >= 4 is 5.91 Å². The zero-order valence-electron chi connectivity index (χ0n) is 15.8. The van der Waals surface area contributed by atoms with Crippen molar-refractivity contribution in [3.8, 4) is 11.5 Å². The number of rotatable bonds is 5. The van der Waals surface area contributed by atoms with E-state index in [0.717, 1.165) is 5.56 Å². The molecule has 0 saturated heterocycles. The summed E-state index contributed by atoms with van der Waals surface area (Å²) in [5.74, 6) is 1.02. The quantitative estimate of drug-likeness (QED) is 0.871. The second kappa shape index (κ2) is 7.60. The Bertz CT molecular complexity index is 708. The topological polar surface area (TPSA) is 47.6 Å². The van der Waals surface area contributed by atoms with Crippen molar-refractivity contribution in [2.45, 2.75) is 39.2 Å². The average Bonchev–Trinajstić information content (AvgIpc) is 2.60. The van der Waals surface area contributed by atoms with Gasteiger partial charge in [-0.2, -0.15) is 0 Å². The van der Waals surface area contributed by atoms with Crippen molar-refractivity contribution in [2.75, 3.05) is 14.2 Å². The van der Waals surface area contributed by atoms with Gasteiger partial charge in [-0.05, 0) is 35.6 Å². The number of nitrogens with one attached hydrogen (secondary N) is 1. The Balaban J connectivity index is 2.14. The number of hydrogen-bond acceptors (Lipinski definition) is 3. The predicted molar refractivity (Wildman–Crippen MR) is 101 cm³/mol. The second-order valence-corrected chi connectivity index (χ2v) is 7.17. The highest BCUT2D eigenvalue weighted by molar-refractivity contribution is 5.95. The molecular weight excluding hydrogens is 314 g/mol. The molecule has 0 radical (unpaired) electrons. The molecular formula is C21H27NO3. The van der Waals surface area contributed by atoms with E-state index in [1.807, 2.05) is 6.92 Å². The molecule has 0 bridgehead atoms. The summed E-state index contributed by atoms with van der Waals surface area (Å²) < 4.78 is 10.4. The first-order chi connectivity index (χ1) is 11.7. The van der Waals surface area contributed by atoms with Gasteiger partial charge in [0, 0.05) is 11.6 Å². The smallest absolute Gasteiger partial charge is 0.252 e. The van der Waals surface area contributed by atoms with E-state index < -0.39 is 0 Å². The lowest BCUT2D eigenvalue weighted by Gasteiger charge is -2.21. The molecule has 0 heterocycles. The number of benzene rings is 2. The molecule has 0 aromatic heterocycles. The van der Waals surface area contributed by atoms with E-state index in [4.69, 9.17) is 9.47 Å². The van der Waals surface area contributed by atoms with Gasteiger partial charge in [0.2, 0.25) is 0 Å². The molecule has 0 fully saturated rings. The molecule has 2 aromatic carbocycles. The molecule has 4 heteroatoms. The summed E-state index contributed by atoms with van der Waals surface area (Å²) in [5, 5.41) is 3.02. The van der Waals surface area contributed by atoms with Crippen molar-refractivity contribution in [1.82, 2.24) is 5.32 Å². The van der Waals surface area contributed by atoms with E-state index in [1.54, 1.807) is 32.4 Å². The van der Waals surface area contributed by atoms with Gasteiger partial charge in [0.05, 0.1) is 20.3 Å². The van der Waals surface area contributed by atoms with Gasteiger partial charge in [-0.25, -0.2) is 0 Å². The molecule has 0 aliphatic carbocycles. The third-order valence-corrected chi connectivity index (χ3v) is 4.24. The Kier molecular flexibility index (Phi) is 5.73.